The second-order valence-corrected chi connectivity index (χ2v) is 7.00. The van der Waals surface area contributed by atoms with Crippen molar-refractivity contribution >= 4 is 32.6 Å². The van der Waals surface area contributed by atoms with Gasteiger partial charge in [0.05, 0.1) is 16.1 Å². The predicted octanol–water partition coefficient (Wildman–Crippen LogP) is 3.67. The summed E-state index contributed by atoms with van der Waals surface area (Å²) in [4.78, 5) is 24.8. The zero-order valence-electron chi connectivity index (χ0n) is 13.2. The number of benzene rings is 1. The Kier molecular flexibility index (Phi) is 3.53. The van der Waals surface area contributed by atoms with Crippen LogP contribution in [0.1, 0.15) is 17.8 Å². The summed E-state index contributed by atoms with van der Waals surface area (Å²) < 4.78 is 13.9. The number of thiazole rings is 1. The SMILES string of the molecule is Cc1ncnc(C)c1-c1ccc2nc(NC(=O)[C@@H]3CC3F)sc2c1. The van der Waals surface area contributed by atoms with E-state index in [1.165, 1.54) is 11.3 Å². The van der Waals surface area contributed by atoms with Crippen molar-refractivity contribution in [3.05, 3.63) is 35.9 Å². The molecule has 1 aliphatic carbocycles. The summed E-state index contributed by atoms with van der Waals surface area (Å²) in [6.07, 6.45) is 0.867. The molecule has 1 saturated carbocycles. The lowest BCUT2D eigenvalue weighted by atomic mass is 10.0. The highest BCUT2D eigenvalue weighted by Crippen LogP contribution is 2.36. The van der Waals surface area contributed by atoms with E-state index in [9.17, 15) is 9.18 Å². The summed E-state index contributed by atoms with van der Waals surface area (Å²) in [5.74, 6) is -0.802. The molecule has 7 heteroatoms. The zero-order valence-corrected chi connectivity index (χ0v) is 14.0. The van der Waals surface area contributed by atoms with E-state index in [-0.39, 0.29) is 5.91 Å². The van der Waals surface area contributed by atoms with Crippen molar-refractivity contribution in [1.82, 2.24) is 15.0 Å². The molecule has 0 aliphatic heterocycles. The third-order valence-electron chi connectivity index (χ3n) is 4.18. The van der Waals surface area contributed by atoms with E-state index in [0.29, 0.717) is 11.6 Å². The van der Waals surface area contributed by atoms with Gasteiger partial charge in [0, 0.05) is 17.0 Å². The summed E-state index contributed by atoms with van der Waals surface area (Å²) >= 11 is 1.39. The van der Waals surface area contributed by atoms with Crippen molar-refractivity contribution in [3.8, 4) is 11.1 Å². The highest BCUT2D eigenvalue weighted by atomic mass is 32.1. The van der Waals surface area contributed by atoms with Crippen LogP contribution in [0.3, 0.4) is 0 Å². The standard InChI is InChI=1S/C17H15FN4OS/c1-8-15(9(2)20-7-19-8)10-3-4-13-14(5-10)24-17(21-13)22-16(23)11-6-12(11)18/h3-5,7,11-12H,6H2,1-2H3,(H,21,22,23)/t11-,12?/m1/s1. The fraction of sp³-hybridized carbons (Fsp3) is 0.294. The average molecular weight is 342 g/mol. The van der Waals surface area contributed by atoms with Gasteiger partial charge in [-0.1, -0.05) is 17.4 Å². The number of rotatable bonds is 3. The lowest BCUT2D eigenvalue weighted by molar-refractivity contribution is -0.117. The Morgan fingerprint density at radius 2 is 2.00 bits per heavy atom. The second-order valence-electron chi connectivity index (χ2n) is 5.97. The zero-order chi connectivity index (χ0) is 16.8. The van der Waals surface area contributed by atoms with Gasteiger partial charge in [-0.2, -0.15) is 0 Å². The van der Waals surface area contributed by atoms with E-state index >= 15 is 0 Å². The number of hydrogen-bond acceptors (Lipinski definition) is 5. The number of hydrogen-bond donors (Lipinski definition) is 1. The molecular weight excluding hydrogens is 327 g/mol. The van der Waals surface area contributed by atoms with Gasteiger partial charge in [0.2, 0.25) is 5.91 Å². The van der Waals surface area contributed by atoms with Crippen LogP contribution in [-0.2, 0) is 4.79 Å². The van der Waals surface area contributed by atoms with Gasteiger partial charge in [-0.15, -0.1) is 0 Å². The first-order valence-electron chi connectivity index (χ1n) is 7.67. The topological polar surface area (TPSA) is 67.8 Å². The average Bonchev–Trinajstić information content (AvgIpc) is 3.13. The molecule has 0 radical (unpaired) electrons. The molecule has 2 atom stereocenters. The van der Waals surface area contributed by atoms with Crippen LogP contribution in [0.15, 0.2) is 24.5 Å². The van der Waals surface area contributed by atoms with Gasteiger partial charge in [-0.05, 0) is 38.0 Å². The summed E-state index contributed by atoms with van der Waals surface area (Å²) in [7, 11) is 0. The molecule has 0 saturated heterocycles. The first-order valence-corrected chi connectivity index (χ1v) is 8.48. The molecule has 1 aromatic carbocycles. The van der Waals surface area contributed by atoms with E-state index in [2.05, 4.69) is 20.3 Å². The smallest absolute Gasteiger partial charge is 0.232 e. The first-order chi connectivity index (χ1) is 11.5. The monoisotopic (exact) mass is 342 g/mol. The van der Waals surface area contributed by atoms with Gasteiger partial charge in [0.1, 0.15) is 12.5 Å². The summed E-state index contributed by atoms with van der Waals surface area (Å²) in [5.41, 5.74) is 4.67. The predicted molar refractivity (Wildman–Crippen MR) is 91.8 cm³/mol. The van der Waals surface area contributed by atoms with Crippen LogP contribution in [0.4, 0.5) is 9.52 Å². The number of fused-ring (bicyclic) bond motifs is 1. The van der Waals surface area contributed by atoms with Crippen molar-refractivity contribution < 1.29 is 9.18 Å². The fourth-order valence-corrected chi connectivity index (χ4v) is 3.69. The lowest BCUT2D eigenvalue weighted by Crippen LogP contribution is -2.14. The Balaban J connectivity index is 1.67. The fourth-order valence-electron chi connectivity index (χ4n) is 2.78. The van der Waals surface area contributed by atoms with Crippen molar-refractivity contribution in [2.75, 3.05) is 5.32 Å². The van der Waals surface area contributed by atoms with E-state index in [0.717, 1.165) is 32.7 Å². The van der Waals surface area contributed by atoms with Crippen LogP contribution in [0, 0.1) is 19.8 Å². The van der Waals surface area contributed by atoms with Gasteiger partial charge in [-0.3, -0.25) is 4.79 Å². The Morgan fingerprint density at radius 3 is 2.67 bits per heavy atom. The van der Waals surface area contributed by atoms with Crippen molar-refractivity contribution in [2.45, 2.75) is 26.4 Å². The minimum Gasteiger partial charge on any atom is -0.302 e. The van der Waals surface area contributed by atoms with Crippen molar-refractivity contribution in [2.24, 2.45) is 5.92 Å². The van der Waals surface area contributed by atoms with E-state index in [1.54, 1.807) is 6.33 Å². The van der Waals surface area contributed by atoms with Crippen LogP contribution < -0.4 is 5.32 Å². The molecule has 24 heavy (non-hydrogen) atoms. The number of alkyl halides is 1. The Bertz CT molecular complexity index is 935. The molecule has 2 aromatic heterocycles. The van der Waals surface area contributed by atoms with Crippen LogP contribution in [0.2, 0.25) is 0 Å². The van der Waals surface area contributed by atoms with E-state index in [4.69, 9.17) is 0 Å². The summed E-state index contributed by atoms with van der Waals surface area (Å²) in [6.45, 7) is 3.91. The molecule has 0 spiro atoms. The number of nitrogens with zero attached hydrogens (tertiary/aromatic N) is 3. The molecular formula is C17H15FN4OS. The Morgan fingerprint density at radius 1 is 1.29 bits per heavy atom. The molecule has 5 nitrogen and oxygen atoms in total. The number of carbonyl (C=O) groups excluding carboxylic acids is 1. The third-order valence-corrected chi connectivity index (χ3v) is 5.12. The number of carbonyl (C=O) groups is 1. The third kappa shape index (κ3) is 2.65. The molecule has 1 unspecified atom stereocenters. The van der Waals surface area contributed by atoms with Gasteiger partial charge in [0.25, 0.3) is 0 Å². The Labute approximate surface area is 142 Å². The normalized spacial score (nSPS) is 19.5. The molecule has 122 valence electrons. The number of amides is 1. The number of aryl methyl sites for hydroxylation is 2. The molecule has 3 aromatic rings. The van der Waals surface area contributed by atoms with Crippen molar-refractivity contribution in [3.63, 3.8) is 0 Å². The highest BCUT2D eigenvalue weighted by Gasteiger charge is 2.43. The minimum absolute atomic E-state index is 0.287. The number of halogens is 1. The number of anilines is 1. The van der Waals surface area contributed by atoms with Crippen LogP contribution in [0.5, 0.6) is 0 Å². The maximum atomic E-state index is 13.0. The molecule has 0 bridgehead atoms. The molecule has 4 rings (SSSR count). The molecule has 1 fully saturated rings. The molecule has 1 aliphatic rings. The highest BCUT2D eigenvalue weighted by molar-refractivity contribution is 7.22. The van der Waals surface area contributed by atoms with Gasteiger partial charge in [0.15, 0.2) is 5.13 Å². The van der Waals surface area contributed by atoms with Gasteiger partial charge >= 0.3 is 0 Å². The van der Waals surface area contributed by atoms with Gasteiger partial charge < -0.3 is 5.32 Å². The van der Waals surface area contributed by atoms with Crippen molar-refractivity contribution in [1.29, 1.82) is 0 Å². The molecule has 1 N–H and O–H groups in total. The minimum atomic E-state index is -1.00. The van der Waals surface area contributed by atoms with Crippen LogP contribution >= 0.6 is 11.3 Å². The maximum absolute atomic E-state index is 13.0. The maximum Gasteiger partial charge on any atom is 0.232 e. The second kappa shape index (κ2) is 5.59. The molecule has 1 amide bonds. The van der Waals surface area contributed by atoms with E-state index < -0.39 is 12.1 Å². The lowest BCUT2D eigenvalue weighted by Gasteiger charge is -2.07. The summed E-state index contributed by atoms with van der Waals surface area (Å²) in [5, 5.41) is 3.21. The quantitative estimate of drug-likeness (QED) is 0.789. The summed E-state index contributed by atoms with van der Waals surface area (Å²) in [6, 6.07) is 5.92. The number of aromatic nitrogens is 3. The Hall–Kier alpha value is -2.41. The molecule has 2 heterocycles. The van der Waals surface area contributed by atoms with Crippen LogP contribution in [0.25, 0.3) is 21.3 Å². The van der Waals surface area contributed by atoms with E-state index in [1.807, 2.05) is 32.0 Å². The first kappa shape index (κ1) is 15.1. The largest absolute Gasteiger partial charge is 0.302 e. The van der Waals surface area contributed by atoms with Gasteiger partial charge in [-0.25, -0.2) is 19.3 Å². The number of nitrogens with one attached hydrogen (secondary N) is 1. The van der Waals surface area contributed by atoms with Crippen LogP contribution in [-0.4, -0.2) is 27.0 Å².